The predicted molar refractivity (Wildman–Crippen MR) is 72.1 cm³/mol. The first-order valence-corrected chi connectivity index (χ1v) is 6.31. The summed E-state index contributed by atoms with van der Waals surface area (Å²) in [6.45, 7) is 6.80. The normalized spacial score (nSPS) is 16.1. The van der Waals surface area contributed by atoms with E-state index in [4.69, 9.17) is 5.26 Å². The maximum absolute atomic E-state index is 10.9. The molecule has 1 saturated heterocycles. The highest BCUT2D eigenvalue weighted by Gasteiger charge is 2.20. The second kappa shape index (κ2) is 5.67. The highest BCUT2D eigenvalue weighted by molar-refractivity contribution is 5.60. The minimum Gasteiger partial charge on any atom is -0.369 e. The minimum absolute atomic E-state index is 0.112. The third kappa shape index (κ3) is 2.83. The molecule has 1 fully saturated rings. The van der Waals surface area contributed by atoms with E-state index in [0.29, 0.717) is 0 Å². The Morgan fingerprint density at radius 1 is 1.37 bits per heavy atom. The Kier molecular flexibility index (Phi) is 3.97. The standard InChI is InChI=1S/C13H16N4O2/c1-2-15-5-7-16(8-6-15)12-4-3-11(10-14)13(9-12)17(18)19/h3-4,9H,2,5-8H2,1H3. The van der Waals surface area contributed by atoms with Crippen LogP contribution in [0.5, 0.6) is 0 Å². The number of piperazine rings is 1. The second-order valence-electron chi connectivity index (χ2n) is 4.49. The Labute approximate surface area is 112 Å². The van der Waals surface area contributed by atoms with Crippen molar-refractivity contribution < 1.29 is 4.92 Å². The molecule has 0 bridgehead atoms. The number of likely N-dealkylation sites (N-methyl/N-ethyl adjacent to an activating group) is 1. The van der Waals surface area contributed by atoms with Gasteiger partial charge in [0.25, 0.3) is 5.69 Å². The average Bonchev–Trinajstić information content (AvgIpc) is 2.46. The van der Waals surface area contributed by atoms with Crippen molar-refractivity contribution in [1.82, 2.24) is 4.90 Å². The van der Waals surface area contributed by atoms with E-state index in [2.05, 4.69) is 16.7 Å². The molecule has 0 radical (unpaired) electrons. The molecule has 19 heavy (non-hydrogen) atoms. The molecule has 1 heterocycles. The maximum atomic E-state index is 10.9. The topological polar surface area (TPSA) is 73.4 Å². The average molecular weight is 260 g/mol. The van der Waals surface area contributed by atoms with Gasteiger partial charge in [0.1, 0.15) is 11.6 Å². The summed E-state index contributed by atoms with van der Waals surface area (Å²) in [7, 11) is 0. The molecule has 100 valence electrons. The zero-order chi connectivity index (χ0) is 13.8. The molecule has 1 aliphatic heterocycles. The van der Waals surface area contributed by atoms with Crippen LogP contribution in [-0.4, -0.2) is 42.5 Å². The fourth-order valence-electron chi connectivity index (χ4n) is 2.28. The molecule has 1 aromatic carbocycles. The summed E-state index contributed by atoms with van der Waals surface area (Å²) >= 11 is 0. The summed E-state index contributed by atoms with van der Waals surface area (Å²) < 4.78 is 0. The summed E-state index contributed by atoms with van der Waals surface area (Å²) in [6, 6.07) is 6.67. The minimum atomic E-state index is -0.496. The number of rotatable bonds is 3. The third-order valence-electron chi connectivity index (χ3n) is 3.48. The number of hydrogen-bond donors (Lipinski definition) is 0. The zero-order valence-electron chi connectivity index (χ0n) is 10.9. The molecule has 0 amide bonds. The van der Waals surface area contributed by atoms with Crippen LogP contribution in [0.2, 0.25) is 0 Å². The van der Waals surface area contributed by atoms with Crippen LogP contribution in [0.4, 0.5) is 11.4 Å². The molecule has 0 N–H and O–H groups in total. The van der Waals surface area contributed by atoms with E-state index in [0.717, 1.165) is 38.4 Å². The van der Waals surface area contributed by atoms with Crippen LogP contribution in [0.1, 0.15) is 12.5 Å². The second-order valence-corrected chi connectivity index (χ2v) is 4.49. The van der Waals surface area contributed by atoms with E-state index in [1.165, 1.54) is 12.1 Å². The fraction of sp³-hybridized carbons (Fsp3) is 0.462. The van der Waals surface area contributed by atoms with Crippen molar-refractivity contribution in [1.29, 1.82) is 5.26 Å². The van der Waals surface area contributed by atoms with Crippen LogP contribution in [0.15, 0.2) is 18.2 Å². The van der Waals surface area contributed by atoms with Gasteiger partial charge >= 0.3 is 0 Å². The molecule has 0 aromatic heterocycles. The number of benzene rings is 1. The van der Waals surface area contributed by atoms with E-state index < -0.39 is 4.92 Å². The smallest absolute Gasteiger partial charge is 0.289 e. The van der Waals surface area contributed by atoms with Gasteiger partial charge in [-0.2, -0.15) is 5.26 Å². The largest absolute Gasteiger partial charge is 0.369 e. The van der Waals surface area contributed by atoms with Crippen LogP contribution in [-0.2, 0) is 0 Å². The van der Waals surface area contributed by atoms with Gasteiger partial charge in [-0.25, -0.2) is 0 Å². The van der Waals surface area contributed by atoms with Crippen LogP contribution in [0.25, 0.3) is 0 Å². The van der Waals surface area contributed by atoms with Gasteiger partial charge in [0.15, 0.2) is 0 Å². The van der Waals surface area contributed by atoms with Crippen molar-refractivity contribution in [2.24, 2.45) is 0 Å². The van der Waals surface area contributed by atoms with E-state index in [1.807, 2.05) is 6.07 Å². The van der Waals surface area contributed by atoms with Gasteiger partial charge in [-0.05, 0) is 18.7 Å². The lowest BCUT2D eigenvalue weighted by molar-refractivity contribution is -0.385. The first kappa shape index (κ1) is 13.3. The Morgan fingerprint density at radius 2 is 2.05 bits per heavy atom. The fourth-order valence-corrected chi connectivity index (χ4v) is 2.28. The van der Waals surface area contributed by atoms with Gasteiger partial charge in [-0.1, -0.05) is 6.92 Å². The summed E-state index contributed by atoms with van der Waals surface area (Å²) in [6.07, 6.45) is 0. The van der Waals surface area contributed by atoms with Crippen LogP contribution in [0.3, 0.4) is 0 Å². The first-order chi connectivity index (χ1) is 9.15. The van der Waals surface area contributed by atoms with Crippen molar-refractivity contribution in [2.45, 2.75) is 6.92 Å². The number of anilines is 1. The lowest BCUT2D eigenvalue weighted by atomic mass is 10.1. The highest BCUT2D eigenvalue weighted by Crippen LogP contribution is 2.25. The van der Waals surface area contributed by atoms with Gasteiger partial charge in [0, 0.05) is 37.9 Å². The lowest BCUT2D eigenvalue weighted by Gasteiger charge is -2.35. The Bertz CT molecular complexity index is 516. The number of nitro groups is 1. The molecule has 0 aliphatic carbocycles. The van der Waals surface area contributed by atoms with Gasteiger partial charge in [0.2, 0.25) is 0 Å². The van der Waals surface area contributed by atoms with E-state index in [9.17, 15) is 10.1 Å². The van der Waals surface area contributed by atoms with Crippen molar-refractivity contribution in [3.05, 3.63) is 33.9 Å². The van der Waals surface area contributed by atoms with E-state index in [-0.39, 0.29) is 11.3 Å². The molecule has 0 unspecified atom stereocenters. The van der Waals surface area contributed by atoms with Gasteiger partial charge in [0.05, 0.1) is 4.92 Å². The summed E-state index contributed by atoms with van der Waals surface area (Å²) in [5.74, 6) is 0. The SMILES string of the molecule is CCN1CCN(c2ccc(C#N)c([N+](=O)[O-])c2)CC1. The van der Waals surface area contributed by atoms with Crippen LogP contribution < -0.4 is 4.90 Å². The Hall–Kier alpha value is -2.13. The molecule has 0 atom stereocenters. The van der Waals surface area contributed by atoms with E-state index >= 15 is 0 Å². The zero-order valence-corrected chi connectivity index (χ0v) is 10.9. The summed E-state index contributed by atoms with van der Waals surface area (Å²) in [4.78, 5) is 14.9. The van der Waals surface area contributed by atoms with Crippen molar-refractivity contribution in [3.8, 4) is 6.07 Å². The monoisotopic (exact) mass is 260 g/mol. The van der Waals surface area contributed by atoms with Gasteiger partial charge in [-0.15, -0.1) is 0 Å². The van der Waals surface area contributed by atoms with Crippen LogP contribution in [0, 0.1) is 21.4 Å². The molecule has 1 aromatic rings. The lowest BCUT2D eigenvalue weighted by Crippen LogP contribution is -2.46. The number of nitro benzene ring substituents is 1. The summed E-state index contributed by atoms with van der Waals surface area (Å²) in [5.41, 5.74) is 0.820. The molecular formula is C13H16N4O2. The van der Waals surface area contributed by atoms with Crippen molar-refractivity contribution >= 4 is 11.4 Å². The number of nitriles is 1. The van der Waals surface area contributed by atoms with Crippen LogP contribution >= 0.6 is 0 Å². The predicted octanol–water partition coefficient (Wildman–Crippen LogP) is 1.61. The molecular weight excluding hydrogens is 244 g/mol. The molecule has 6 heteroatoms. The maximum Gasteiger partial charge on any atom is 0.289 e. The van der Waals surface area contributed by atoms with Gasteiger partial charge in [-0.3, -0.25) is 10.1 Å². The molecule has 0 spiro atoms. The molecule has 0 saturated carbocycles. The Morgan fingerprint density at radius 3 is 2.58 bits per heavy atom. The van der Waals surface area contributed by atoms with E-state index in [1.54, 1.807) is 6.07 Å². The number of nitrogens with zero attached hydrogens (tertiary/aromatic N) is 4. The molecule has 6 nitrogen and oxygen atoms in total. The molecule has 1 aliphatic rings. The third-order valence-corrected chi connectivity index (χ3v) is 3.48. The Balaban J connectivity index is 2.20. The highest BCUT2D eigenvalue weighted by atomic mass is 16.6. The van der Waals surface area contributed by atoms with Gasteiger partial charge < -0.3 is 9.80 Å². The van der Waals surface area contributed by atoms with Crippen molar-refractivity contribution in [3.63, 3.8) is 0 Å². The molecule has 2 rings (SSSR count). The number of hydrogen-bond acceptors (Lipinski definition) is 5. The summed E-state index contributed by atoms with van der Waals surface area (Å²) in [5, 5.41) is 19.8. The van der Waals surface area contributed by atoms with Crippen molar-refractivity contribution in [2.75, 3.05) is 37.6 Å². The first-order valence-electron chi connectivity index (χ1n) is 6.31. The quantitative estimate of drug-likeness (QED) is 0.609.